The van der Waals surface area contributed by atoms with Gasteiger partial charge in [-0.05, 0) is 0 Å². The number of rotatable bonds is 2. The molecule has 0 N–H and O–H groups in total. The molecule has 0 rings (SSSR count). The molecule has 0 radical (unpaired) electrons. The molecule has 0 nitrogen and oxygen atoms in total. The number of alkyl halides is 14. The Balaban J connectivity index is 6.92. The maximum absolute atomic E-state index is 12.9. The van der Waals surface area contributed by atoms with Crippen molar-refractivity contribution < 1.29 is 70.2 Å². The second kappa shape index (κ2) is 5.57. The molecule has 0 fully saturated rings. The van der Waals surface area contributed by atoms with Gasteiger partial charge in [0.15, 0.2) is 11.7 Å². The van der Waals surface area contributed by atoms with Crippen LogP contribution in [0.5, 0.6) is 0 Å². The van der Waals surface area contributed by atoms with Gasteiger partial charge in [-0.15, -0.1) is 0 Å². The van der Waals surface area contributed by atoms with Crippen molar-refractivity contribution in [2.45, 2.75) is 36.0 Å². The molecule has 0 bridgehead atoms. The van der Waals surface area contributed by atoms with Gasteiger partial charge in [-0.2, -0.15) is 52.7 Å². The van der Waals surface area contributed by atoms with Crippen LogP contribution in [0.1, 0.15) is 0 Å². The Morgan fingerprint density at radius 2 is 0.458 bits per heavy atom. The molecular weight excluding hydrogens is 400 g/mol. The van der Waals surface area contributed by atoms with Gasteiger partial charge in [0.25, 0.3) is 0 Å². The molecule has 0 aromatic heterocycles. The lowest BCUT2D eigenvalue weighted by molar-refractivity contribution is -0.343. The maximum Gasteiger partial charge on any atom is 0.438 e. The van der Waals surface area contributed by atoms with Gasteiger partial charge in [0.05, 0.1) is 0 Å². The van der Waals surface area contributed by atoms with Crippen LogP contribution >= 0.6 is 0 Å². The molecule has 0 aromatic carbocycles. The van der Waals surface area contributed by atoms with Crippen LogP contribution in [0, 0.1) is 0 Å². The van der Waals surface area contributed by atoms with Gasteiger partial charge in [-0.25, -0.2) is 17.6 Å². The van der Waals surface area contributed by atoms with Crippen LogP contribution in [0.3, 0.4) is 0 Å². The minimum absolute atomic E-state index is 5.32. The van der Waals surface area contributed by atoms with Crippen molar-refractivity contribution in [2.24, 2.45) is 0 Å². The lowest BCUT2D eigenvalue weighted by Crippen LogP contribution is -2.58. The Labute approximate surface area is 119 Å². The fourth-order valence-electron chi connectivity index (χ4n) is 1.12. The standard InChI is InChI=1S/C8F16/c9-1(3(11,5(13,14)15)6(16,17)18)2(10)4(12,7(19,20)21)8(22,23)24/b2-1-. The summed E-state index contributed by atoms with van der Waals surface area (Å²) < 4.78 is 195. The molecule has 144 valence electrons. The third-order valence-corrected chi connectivity index (χ3v) is 2.36. The van der Waals surface area contributed by atoms with E-state index in [1.807, 2.05) is 0 Å². The molecule has 0 aromatic rings. The molecule has 0 saturated carbocycles. The summed E-state index contributed by atoms with van der Waals surface area (Å²) >= 11 is 0. The van der Waals surface area contributed by atoms with Crippen LogP contribution in [-0.2, 0) is 0 Å². The second-order valence-electron chi connectivity index (χ2n) is 3.94. The zero-order valence-electron chi connectivity index (χ0n) is 10.0. The first kappa shape index (κ1) is 22.6. The minimum Gasteiger partial charge on any atom is -0.215 e. The Morgan fingerprint density at radius 3 is 0.542 bits per heavy atom. The monoisotopic (exact) mass is 400 g/mol. The van der Waals surface area contributed by atoms with Gasteiger partial charge >= 0.3 is 36.0 Å². The van der Waals surface area contributed by atoms with Crippen molar-refractivity contribution in [3.63, 3.8) is 0 Å². The van der Waals surface area contributed by atoms with Crippen molar-refractivity contribution in [1.82, 2.24) is 0 Å². The average molecular weight is 400 g/mol. The molecule has 0 aliphatic carbocycles. The zero-order chi connectivity index (χ0) is 20.2. The summed E-state index contributed by atoms with van der Waals surface area (Å²) in [4.78, 5) is 0. The summed E-state index contributed by atoms with van der Waals surface area (Å²) in [6, 6.07) is 0. The predicted octanol–water partition coefficient (Wildman–Crippen LogP) is 5.80. The normalized spacial score (nSPS) is 17.0. The van der Waals surface area contributed by atoms with E-state index in [1.54, 1.807) is 0 Å². The summed E-state index contributed by atoms with van der Waals surface area (Å²) in [6.45, 7) is 0. The van der Waals surface area contributed by atoms with Crippen molar-refractivity contribution >= 4 is 0 Å². The first-order valence-electron chi connectivity index (χ1n) is 4.77. The summed E-state index contributed by atoms with van der Waals surface area (Å²) in [5.41, 5.74) is -15.3. The highest BCUT2D eigenvalue weighted by Gasteiger charge is 2.81. The Morgan fingerprint density at radius 1 is 0.333 bits per heavy atom. The van der Waals surface area contributed by atoms with Gasteiger partial charge in [-0.3, -0.25) is 0 Å². The molecule has 0 amide bonds. The topological polar surface area (TPSA) is 0 Å². The Kier molecular flexibility index (Phi) is 5.25. The molecule has 0 unspecified atom stereocenters. The largest absolute Gasteiger partial charge is 0.438 e. The first-order valence-corrected chi connectivity index (χ1v) is 4.77. The van der Waals surface area contributed by atoms with Crippen molar-refractivity contribution in [3.05, 3.63) is 11.7 Å². The van der Waals surface area contributed by atoms with E-state index in [-0.39, 0.29) is 0 Å². The van der Waals surface area contributed by atoms with Crippen molar-refractivity contribution in [1.29, 1.82) is 0 Å². The summed E-state index contributed by atoms with van der Waals surface area (Å²) in [5, 5.41) is 0. The van der Waals surface area contributed by atoms with Crippen LogP contribution in [0.15, 0.2) is 11.7 Å². The smallest absolute Gasteiger partial charge is 0.215 e. The van der Waals surface area contributed by atoms with E-state index in [4.69, 9.17) is 0 Å². The maximum atomic E-state index is 12.9. The highest BCUT2D eigenvalue weighted by atomic mass is 19.4. The third-order valence-electron chi connectivity index (χ3n) is 2.36. The van der Waals surface area contributed by atoms with E-state index in [0.717, 1.165) is 0 Å². The average Bonchev–Trinajstić information content (AvgIpc) is 2.29. The molecule has 0 aliphatic heterocycles. The van der Waals surface area contributed by atoms with E-state index >= 15 is 0 Å². The summed E-state index contributed by atoms with van der Waals surface area (Å²) in [7, 11) is 0. The lowest BCUT2D eigenvalue weighted by Gasteiger charge is -2.32. The number of hydrogen-bond acceptors (Lipinski definition) is 0. The molecule has 24 heavy (non-hydrogen) atoms. The third kappa shape index (κ3) is 3.10. The van der Waals surface area contributed by atoms with Crippen molar-refractivity contribution in [3.8, 4) is 0 Å². The van der Waals surface area contributed by atoms with Gasteiger partial charge < -0.3 is 0 Å². The van der Waals surface area contributed by atoms with E-state index in [2.05, 4.69) is 0 Å². The number of hydrogen-bond donors (Lipinski definition) is 0. The van der Waals surface area contributed by atoms with E-state index in [1.165, 1.54) is 0 Å². The van der Waals surface area contributed by atoms with Crippen molar-refractivity contribution in [2.75, 3.05) is 0 Å². The number of halogens is 16. The summed E-state index contributed by atoms with van der Waals surface area (Å²) in [5.74, 6) is -10.6. The quantitative estimate of drug-likeness (QED) is 0.514. The fraction of sp³-hybridized carbons (Fsp3) is 0.750. The van der Waals surface area contributed by atoms with E-state index in [9.17, 15) is 70.2 Å². The molecule has 16 heteroatoms. The fourth-order valence-corrected chi connectivity index (χ4v) is 1.12. The van der Waals surface area contributed by atoms with Crippen LogP contribution in [0.25, 0.3) is 0 Å². The van der Waals surface area contributed by atoms with E-state index < -0.39 is 47.7 Å². The molecule has 0 spiro atoms. The SMILES string of the molecule is F/C(=C(\F)C(F)(C(F)(F)F)C(F)(F)F)C(F)(C(F)(F)F)C(F)(F)F. The Hall–Kier alpha value is -1.38. The predicted molar refractivity (Wildman–Crippen MR) is 41.1 cm³/mol. The van der Waals surface area contributed by atoms with Crippen LogP contribution in [-0.4, -0.2) is 36.0 Å². The highest BCUT2D eigenvalue weighted by molar-refractivity contribution is 5.29. The molecule has 0 saturated heterocycles. The molecule has 0 atom stereocenters. The lowest BCUT2D eigenvalue weighted by atomic mass is 9.95. The van der Waals surface area contributed by atoms with Crippen LogP contribution in [0.4, 0.5) is 70.2 Å². The van der Waals surface area contributed by atoms with Gasteiger partial charge in [0.2, 0.25) is 0 Å². The molecule has 0 aliphatic rings. The zero-order valence-corrected chi connectivity index (χ0v) is 10.0. The minimum atomic E-state index is -7.65. The number of allylic oxidation sites excluding steroid dienone is 2. The van der Waals surface area contributed by atoms with Gasteiger partial charge in [0.1, 0.15) is 0 Å². The van der Waals surface area contributed by atoms with Gasteiger partial charge in [-0.1, -0.05) is 0 Å². The molecule has 0 heterocycles. The highest BCUT2D eigenvalue weighted by Crippen LogP contribution is 2.57. The van der Waals surface area contributed by atoms with Crippen LogP contribution in [0.2, 0.25) is 0 Å². The van der Waals surface area contributed by atoms with Crippen LogP contribution < -0.4 is 0 Å². The molecular formula is C8F16. The van der Waals surface area contributed by atoms with Gasteiger partial charge in [0, 0.05) is 0 Å². The Bertz CT molecular complexity index is 420. The first-order chi connectivity index (χ1) is 10.1. The second-order valence-corrected chi connectivity index (χ2v) is 3.94. The summed E-state index contributed by atoms with van der Waals surface area (Å²) in [6.07, 6.45) is -30.4. The van der Waals surface area contributed by atoms with E-state index in [0.29, 0.717) is 0 Å².